The van der Waals surface area contributed by atoms with Crippen molar-refractivity contribution in [2.45, 2.75) is 32.4 Å². The van der Waals surface area contributed by atoms with E-state index in [9.17, 15) is 9.59 Å². The molecule has 0 saturated carbocycles. The molecule has 0 unspecified atom stereocenters. The zero-order valence-electron chi connectivity index (χ0n) is 13.6. The second-order valence-electron chi connectivity index (χ2n) is 5.67. The van der Waals surface area contributed by atoms with Gasteiger partial charge in [0.2, 0.25) is 5.91 Å². The Morgan fingerprint density at radius 1 is 1.35 bits per heavy atom. The van der Waals surface area contributed by atoms with E-state index < -0.39 is 0 Å². The van der Waals surface area contributed by atoms with Crippen LogP contribution in [0.15, 0.2) is 30.3 Å². The van der Waals surface area contributed by atoms with Gasteiger partial charge in [0.25, 0.3) is 0 Å². The summed E-state index contributed by atoms with van der Waals surface area (Å²) in [6.45, 7) is 3.97. The molecule has 0 aliphatic carbocycles. The van der Waals surface area contributed by atoms with Crippen molar-refractivity contribution in [2.75, 3.05) is 26.2 Å². The highest BCUT2D eigenvalue weighted by Gasteiger charge is 2.29. The molecule has 126 valence electrons. The monoisotopic (exact) mass is 319 g/mol. The lowest BCUT2D eigenvalue weighted by molar-refractivity contribution is -0.132. The molecule has 23 heavy (non-hydrogen) atoms. The lowest BCUT2D eigenvalue weighted by atomic mass is 10.0. The average molecular weight is 319 g/mol. The highest BCUT2D eigenvalue weighted by atomic mass is 16.6. The number of hydrogen-bond donors (Lipinski definition) is 1. The van der Waals surface area contributed by atoms with E-state index in [1.807, 2.05) is 37.3 Å². The number of nitrogens with zero attached hydrogens (tertiary/aromatic N) is 2. The first-order valence-electron chi connectivity index (χ1n) is 8.10. The molecule has 1 aliphatic rings. The maximum absolute atomic E-state index is 12.2. The molecule has 1 saturated heterocycles. The van der Waals surface area contributed by atoms with E-state index in [1.165, 1.54) is 0 Å². The summed E-state index contributed by atoms with van der Waals surface area (Å²) in [6.07, 6.45) is 1.43. The summed E-state index contributed by atoms with van der Waals surface area (Å²) in [7, 11) is 0. The normalized spacial score (nSPS) is 17.7. The fraction of sp³-hybridized carbons (Fsp3) is 0.529. The van der Waals surface area contributed by atoms with Crippen LogP contribution >= 0.6 is 0 Å². The third-order valence-corrected chi connectivity index (χ3v) is 4.14. The van der Waals surface area contributed by atoms with E-state index >= 15 is 0 Å². The summed E-state index contributed by atoms with van der Waals surface area (Å²) < 4.78 is 5.37. The van der Waals surface area contributed by atoms with Crippen molar-refractivity contribution in [3.63, 3.8) is 0 Å². The zero-order valence-corrected chi connectivity index (χ0v) is 13.6. The van der Waals surface area contributed by atoms with Gasteiger partial charge in [-0.2, -0.15) is 0 Å². The van der Waals surface area contributed by atoms with E-state index in [-0.39, 0.29) is 31.2 Å². The third-order valence-electron chi connectivity index (χ3n) is 4.14. The van der Waals surface area contributed by atoms with Crippen LogP contribution in [-0.2, 0) is 16.1 Å². The van der Waals surface area contributed by atoms with Crippen molar-refractivity contribution >= 4 is 12.0 Å². The minimum atomic E-state index is -0.324. The Morgan fingerprint density at radius 2 is 2.09 bits per heavy atom. The fourth-order valence-electron chi connectivity index (χ4n) is 2.94. The maximum Gasteiger partial charge on any atom is 0.410 e. The van der Waals surface area contributed by atoms with Gasteiger partial charge in [-0.25, -0.2) is 4.79 Å². The molecule has 1 aromatic rings. The predicted molar refractivity (Wildman–Crippen MR) is 87.7 cm³/mol. The van der Waals surface area contributed by atoms with E-state index in [0.29, 0.717) is 19.6 Å². The van der Waals surface area contributed by atoms with Gasteiger partial charge in [-0.15, -0.1) is 0 Å². The van der Waals surface area contributed by atoms with Crippen LogP contribution in [0.1, 0.15) is 25.3 Å². The first kappa shape index (κ1) is 17.3. The minimum Gasteiger partial charge on any atom is -0.445 e. The molecule has 1 aromatic carbocycles. The van der Waals surface area contributed by atoms with E-state index in [2.05, 4.69) is 0 Å². The molecule has 1 aliphatic heterocycles. The number of ether oxygens (including phenoxy) is 1. The van der Waals surface area contributed by atoms with Gasteiger partial charge in [0, 0.05) is 25.7 Å². The minimum absolute atomic E-state index is 0.00277. The predicted octanol–water partition coefficient (Wildman–Crippen LogP) is 1.59. The number of benzene rings is 1. The van der Waals surface area contributed by atoms with Crippen LogP contribution in [0, 0.1) is 0 Å². The highest BCUT2D eigenvalue weighted by molar-refractivity contribution is 5.78. The summed E-state index contributed by atoms with van der Waals surface area (Å²) >= 11 is 0. The first-order chi connectivity index (χ1) is 11.2. The van der Waals surface area contributed by atoms with Crippen LogP contribution in [0.4, 0.5) is 4.79 Å². The van der Waals surface area contributed by atoms with Gasteiger partial charge >= 0.3 is 6.09 Å². The summed E-state index contributed by atoms with van der Waals surface area (Å²) in [5.41, 5.74) is 6.43. The molecule has 1 heterocycles. The quantitative estimate of drug-likeness (QED) is 0.894. The van der Waals surface area contributed by atoms with Gasteiger partial charge in [0.15, 0.2) is 0 Å². The van der Waals surface area contributed by atoms with Gasteiger partial charge in [-0.3, -0.25) is 4.79 Å². The van der Waals surface area contributed by atoms with Crippen LogP contribution in [0.2, 0.25) is 0 Å². The molecule has 0 spiro atoms. The topological polar surface area (TPSA) is 75.9 Å². The van der Waals surface area contributed by atoms with Crippen LogP contribution in [0.3, 0.4) is 0 Å². The Bertz CT molecular complexity index is 521. The Hall–Kier alpha value is -2.08. The van der Waals surface area contributed by atoms with E-state index in [1.54, 1.807) is 9.80 Å². The zero-order chi connectivity index (χ0) is 16.7. The molecule has 1 atom stereocenters. The molecule has 2 rings (SSSR count). The second kappa shape index (κ2) is 8.53. The number of carbonyl (C=O) groups is 2. The number of rotatable bonds is 5. The lowest BCUT2D eigenvalue weighted by Gasteiger charge is -2.38. The number of amides is 2. The van der Waals surface area contributed by atoms with Crippen molar-refractivity contribution in [3.8, 4) is 0 Å². The number of hydrogen-bond acceptors (Lipinski definition) is 4. The summed E-state index contributed by atoms with van der Waals surface area (Å²) in [4.78, 5) is 27.6. The van der Waals surface area contributed by atoms with Crippen molar-refractivity contribution < 1.29 is 14.3 Å². The summed E-state index contributed by atoms with van der Waals surface area (Å²) in [6, 6.07) is 9.62. The number of carbonyl (C=O) groups excluding carboxylic acids is 2. The number of likely N-dealkylation sites (N-methyl/N-ethyl adjacent to an activating group) is 1. The number of piperidine rings is 1. The summed E-state index contributed by atoms with van der Waals surface area (Å²) in [5.74, 6) is -0.0722. The largest absolute Gasteiger partial charge is 0.445 e. The van der Waals surface area contributed by atoms with Gasteiger partial charge in [-0.05, 0) is 25.3 Å². The SMILES string of the molecule is CCN(C(=O)CN)[C@@H]1CCCN(C(=O)OCc2ccccc2)C1. The van der Waals surface area contributed by atoms with E-state index in [0.717, 1.165) is 18.4 Å². The molecule has 0 aromatic heterocycles. The standard InChI is InChI=1S/C17H25N3O3/c1-2-20(16(21)11-18)15-9-6-10-19(12-15)17(22)23-13-14-7-4-3-5-8-14/h3-5,7-8,15H,2,6,9-13,18H2,1H3/t15-/m1/s1. The van der Waals surface area contributed by atoms with Crippen LogP contribution < -0.4 is 5.73 Å². The van der Waals surface area contributed by atoms with Gasteiger partial charge in [-0.1, -0.05) is 30.3 Å². The third kappa shape index (κ3) is 4.69. The number of nitrogens with two attached hydrogens (primary N) is 1. The fourth-order valence-corrected chi connectivity index (χ4v) is 2.94. The molecule has 6 heteroatoms. The Labute approximate surface area is 137 Å². The van der Waals surface area contributed by atoms with Gasteiger partial charge in [0.05, 0.1) is 6.54 Å². The Kier molecular flexibility index (Phi) is 6.40. The molecule has 2 N–H and O–H groups in total. The Morgan fingerprint density at radius 3 is 2.74 bits per heavy atom. The molecule has 6 nitrogen and oxygen atoms in total. The van der Waals surface area contributed by atoms with Crippen molar-refractivity contribution in [1.29, 1.82) is 0 Å². The number of likely N-dealkylation sites (tertiary alicyclic amines) is 1. The highest BCUT2D eigenvalue weighted by Crippen LogP contribution is 2.17. The Balaban J connectivity index is 1.89. The second-order valence-corrected chi connectivity index (χ2v) is 5.67. The smallest absolute Gasteiger partial charge is 0.410 e. The molecule has 1 fully saturated rings. The van der Waals surface area contributed by atoms with Gasteiger partial charge in [0.1, 0.15) is 6.61 Å². The molecule has 0 bridgehead atoms. The first-order valence-corrected chi connectivity index (χ1v) is 8.10. The molecular formula is C17H25N3O3. The van der Waals surface area contributed by atoms with Crippen molar-refractivity contribution in [2.24, 2.45) is 5.73 Å². The van der Waals surface area contributed by atoms with Crippen LogP contribution in [0.25, 0.3) is 0 Å². The van der Waals surface area contributed by atoms with Gasteiger partial charge < -0.3 is 20.3 Å². The van der Waals surface area contributed by atoms with Crippen molar-refractivity contribution in [3.05, 3.63) is 35.9 Å². The maximum atomic E-state index is 12.2. The molecular weight excluding hydrogens is 294 g/mol. The van der Waals surface area contributed by atoms with Crippen molar-refractivity contribution in [1.82, 2.24) is 9.80 Å². The summed E-state index contributed by atoms with van der Waals surface area (Å²) in [5, 5.41) is 0. The van der Waals surface area contributed by atoms with Crippen LogP contribution in [-0.4, -0.2) is 54.0 Å². The van der Waals surface area contributed by atoms with Crippen LogP contribution in [0.5, 0.6) is 0 Å². The lowest BCUT2D eigenvalue weighted by Crippen LogP contribution is -2.52. The molecule has 0 radical (unpaired) electrons. The van der Waals surface area contributed by atoms with E-state index in [4.69, 9.17) is 10.5 Å². The average Bonchev–Trinajstić information content (AvgIpc) is 2.61. The molecule has 2 amide bonds.